The molecule has 2 aliphatic heterocycles. The summed E-state index contributed by atoms with van der Waals surface area (Å²) in [5.41, 5.74) is 13.7. The third-order valence-corrected chi connectivity index (χ3v) is 12.7. The Morgan fingerprint density at radius 3 is 1.31 bits per heavy atom. The van der Waals surface area contributed by atoms with Crippen molar-refractivity contribution in [1.82, 2.24) is 31.2 Å². The summed E-state index contributed by atoms with van der Waals surface area (Å²) in [5, 5.41) is 10.6. The van der Waals surface area contributed by atoms with Gasteiger partial charge in [0.05, 0.1) is 36.5 Å². The van der Waals surface area contributed by atoms with Crippen LogP contribution in [0.1, 0.15) is 101 Å². The number of aromatic amines is 2. The van der Waals surface area contributed by atoms with Gasteiger partial charge in [0.15, 0.2) is 0 Å². The van der Waals surface area contributed by atoms with Gasteiger partial charge < -0.3 is 52.5 Å². The van der Waals surface area contributed by atoms with E-state index in [0.717, 1.165) is 0 Å². The number of nitrogens with zero attached hydrogens (tertiary/aromatic N) is 2. The van der Waals surface area contributed by atoms with Gasteiger partial charge in [-0.05, 0) is 86.1 Å². The van der Waals surface area contributed by atoms with E-state index in [-0.39, 0.29) is 75.8 Å². The van der Waals surface area contributed by atoms with Crippen molar-refractivity contribution in [1.29, 1.82) is 0 Å². The molecule has 2 aliphatic rings. The van der Waals surface area contributed by atoms with Gasteiger partial charge in [0.25, 0.3) is 11.1 Å². The van der Waals surface area contributed by atoms with E-state index in [2.05, 4.69) is 54.9 Å². The number of fused-ring (bicyclic) bond motifs is 2. The first-order chi connectivity index (χ1) is 34.9. The maximum absolute atomic E-state index is 14.2. The molecule has 0 saturated heterocycles. The number of halogens is 2. The molecule has 0 radical (unpaired) electrons. The Hall–Kier alpha value is -7.94. The molecular weight excluding hydrogens is 955 g/mol. The zero-order valence-electron chi connectivity index (χ0n) is 42.2. The lowest BCUT2D eigenvalue weighted by Crippen LogP contribution is -2.52. The summed E-state index contributed by atoms with van der Waals surface area (Å²) in [4.78, 5) is 115. The zero-order chi connectivity index (χ0) is 54.1. The second kappa shape index (κ2) is 23.7. The van der Waals surface area contributed by atoms with Gasteiger partial charge >= 0.3 is 0 Å². The van der Waals surface area contributed by atoms with Gasteiger partial charge in [-0.25, -0.2) is 8.78 Å². The highest BCUT2D eigenvalue weighted by Crippen LogP contribution is 2.41. The van der Waals surface area contributed by atoms with Crippen molar-refractivity contribution in [2.75, 3.05) is 36.0 Å². The van der Waals surface area contributed by atoms with Crippen LogP contribution in [0.3, 0.4) is 0 Å². The van der Waals surface area contributed by atoms with Crippen LogP contribution in [0.2, 0.25) is 0 Å². The molecule has 4 heterocycles. The molecule has 0 unspecified atom stereocenters. The van der Waals surface area contributed by atoms with Crippen molar-refractivity contribution in [3.63, 3.8) is 0 Å². The number of carbonyl (C=O) groups excluding carboxylic acids is 6. The lowest BCUT2D eigenvalue weighted by atomic mass is 9.91. The first kappa shape index (κ1) is 55.4. The summed E-state index contributed by atoms with van der Waals surface area (Å²) in [7, 11) is 0. The number of hydrogen-bond acceptors (Lipinski definition) is 10. The Bertz CT molecular complexity index is 2850. The van der Waals surface area contributed by atoms with E-state index < -0.39 is 82.1 Å². The summed E-state index contributed by atoms with van der Waals surface area (Å²) >= 11 is 0. The molecule has 390 valence electrons. The standard InChI is InChI=1S/C54H62F2N10O8/c1-31(57)47(69)61-39(51(73)65-29-53(3,4)45-41(65)27-35(49(71)63-45)25-33-11-15-37(55)16-12-33)19-21-43(67)59-23-9-7-8-10-24-60-44(68)22-20-40(62-48(70)32(2)58)52(74)66-30-54(5,6)46-42(66)28-36(50(72)64-46)26-34-13-17-38(56)18-14-34/h11-18,27-28,31-32,39-40H,19-26,29-30,57-58H2,1-6H3,(H,59,67)(H,60,68)(H,61,69)(H,62,70)(H,63,71)(H,64,72)/t31-,32-,39-,40-/m0/s1. The summed E-state index contributed by atoms with van der Waals surface area (Å²) in [6.07, 6.45) is -0.168. The Labute approximate surface area is 427 Å². The molecule has 2 aromatic carbocycles. The van der Waals surface area contributed by atoms with Crippen LogP contribution in [0.4, 0.5) is 20.2 Å². The molecule has 0 fully saturated rings. The molecule has 0 spiro atoms. The van der Waals surface area contributed by atoms with Crippen LogP contribution >= 0.6 is 0 Å². The summed E-state index contributed by atoms with van der Waals surface area (Å²) < 4.78 is 27.1. The van der Waals surface area contributed by atoms with Gasteiger partial charge in [0.2, 0.25) is 35.4 Å². The number of aromatic nitrogens is 2. The minimum atomic E-state index is -1.15. The van der Waals surface area contributed by atoms with E-state index >= 15 is 0 Å². The van der Waals surface area contributed by atoms with Gasteiger partial charge in [0, 0.05) is 72.1 Å². The number of rotatable bonds is 18. The molecule has 6 amide bonds. The fraction of sp³-hybridized carbons (Fsp3) is 0.407. The molecule has 0 bridgehead atoms. The third kappa shape index (κ3) is 14.0. The number of hydrogen-bond donors (Lipinski definition) is 8. The highest BCUT2D eigenvalue weighted by molar-refractivity contribution is 6.03. The van der Waals surface area contributed by atoms with Crippen LogP contribution in [-0.2, 0) is 52.4 Å². The van der Waals surface area contributed by atoms with Crippen molar-refractivity contribution in [2.24, 2.45) is 11.5 Å². The number of amides is 6. The SMILES string of the molecule is C[C@H](N)C(=O)N[C@@H](CCC(=O)NCC#CC#CCNC(=O)CC[C@H](NC(=O)[C@H](C)N)C(=O)N1CC(C)(C)c2[nH]c(=O)c(Cc3ccc(F)cc3)cc21)C(=O)N1CC(C)(C)c2[nH]c(=O)c(Cc3ccc(F)cc3)cc21. The predicted molar refractivity (Wildman–Crippen MR) is 274 cm³/mol. The lowest BCUT2D eigenvalue weighted by molar-refractivity contribution is -0.129. The van der Waals surface area contributed by atoms with E-state index in [1.807, 2.05) is 27.7 Å². The molecule has 18 nitrogen and oxygen atoms in total. The normalized spacial score (nSPS) is 15.4. The van der Waals surface area contributed by atoms with E-state index in [0.29, 0.717) is 45.0 Å². The maximum Gasteiger partial charge on any atom is 0.251 e. The molecule has 74 heavy (non-hydrogen) atoms. The van der Waals surface area contributed by atoms with Crippen LogP contribution in [0, 0.1) is 35.3 Å². The molecule has 20 heteroatoms. The van der Waals surface area contributed by atoms with Gasteiger partial charge in [-0.3, -0.25) is 38.4 Å². The number of nitrogens with one attached hydrogen (secondary N) is 6. The average Bonchev–Trinajstić information content (AvgIpc) is 3.76. The minimum Gasteiger partial charge on any atom is -0.345 e. The van der Waals surface area contributed by atoms with Crippen molar-refractivity contribution in [3.05, 3.63) is 127 Å². The molecule has 10 N–H and O–H groups in total. The van der Waals surface area contributed by atoms with Gasteiger partial charge in [0.1, 0.15) is 23.7 Å². The number of H-pyrrole nitrogens is 2. The fourth-order valence-corrected chi connectivity index (χ4v) is 8.69. The van der Waals surface area contributed by atoms with E-state index in [1.165, 1.54) is 47.9 Å². The molecule has 0 aliphatic carbocycles. The average molecular weight is 1020 g/mol. The Kier molecular flexibility index (Phi) is 17.8. The van der Waals surface area contributed by atoms with Crippen molar-refractivity contribution >= 4 is 46.8 Å². The Balaban J connectivity index is 1.01. The first-order valence-electron chi connectivity index (χ1n) is 24.2. The Morgan fingerprint density at radius 1 is 0.622 bits per heavy atom. The molecule has 0 saturated carbocycles. The van der Waals surface area contributed by atoms with E-state index in [9.17, 15) is 47.1 Å². The number of nitrogens with two attached hydrogens (primary N) is 2. The monoisotopic (exact) mass is 1020 g/mol. The number of pyridine rings is 2. The minimum absolute atomic E-state index is 0.0884. The summed E-state index contributed by atoms with van der Waals surface area (Å²) in [6, 6.07) is 10.5. The molecular formula is C54H62F2N10O8. The van der Waals surface area contributed by atoms with Crippen molar-refractivity contribution in [3.8, 4) is 23.7 Å². The van der Waals surface area contributed by atoms with Gasteiger partial charge in [-0.1, -0.05) is 63.8 Å². The number of carbonyl (C=O) groups is 6. The maximum atomic E-state index is 14.2. The topological polar surface area (TPSA) is 275 Å². The third-order valence-electron chi connectivity index (χ3n) is 12.7. The molecule has 4 aromatic rings. The van der Waals surface area contributed by atoms with E-state index in [1.54, 1.807) is 36.4 Å². The molecule has 4 atom stereocenters. The van der Waals surface area contributed by atoms with Crippen LogP contribution < -0.4 is 53.7 Å². The van der Waals surface area contributed by atoms with Gasteiger partial charge in [-0.15, -0.1) is 0 Å². The molecule has 6 rings (SSSR count). The second-order valence-electron chi connectivity index (χ2n) is 19.9. The highest BCUT2D eigenvalue weighted by atomic mass is 19.1. The van der Waals surface area contributed by atoms with E-state index in [4.69, 9.17) is 11.5 Å². The summed E-state index contributed by atoms with van der Waals surface area (Å²) in [5.74, 6) is 6.59. The Morgan fingerprint density at radius 2 is 0.973 bits per heavy atom. The largest absolute Gasteiger partial charge is 0.345 e. The van der Waals surface area contributed by atoms with Crippen LogP contribution in [0.5, 0.6) is 0 Å². The number of benzene rings is 2. The summed E-state index contributed by atoms with van der Waals surface area (Å²) in [6.45, 7) is 10.5. The highest BCUT2D eigenvalue weighted by Gasteiger charge is 2.43. The van der Waals surface area contributed by atoms with Crippen molar-refractivity contribution in [2.45, 2.75) is 115 Å². The van der Waals surface area contributed by atoms with Crippen LogP contribution in [-0.4, -0.2) is 95.8 Å². The van der Waals surface area contributed by atoms with Crippen LogP contribution in [0.25, 0.3) is 0 Å². The second-order valence-corrected chi connectivity index (χ2v) is 19.9. The van der Waals surface area contributed by atoms with Gasteiger partial charge in [-0.2, -0.15) is 0 Å². The fourth-order valence-electron chi connectivity index (χ4n) is 8.69. The first-order valence-corrected chi connectivity index (χ1v) is 24.2. The lowest BCUT2D eigenvalue weighted by Gasteiger charge is -2.26. The smallest absolute Gasteiger partial charge is 0.251 e. The van der Waals surface area contributed by atoms with Crippen molar-refractivity contribution < 1.29 is 37.5 Å². The zero-order valence-corrected chi connectivity index (χ0v) is 42.2. The quantitative estimate of drug-likeness (QED) is 0.0671. The predicted octanol–water partition coefficient (Wildman–Crippen LogP) is 1.94. The number of anilines is 2. The molecule has 2 aromatic heterocycles. The van der Waals surface area contributed by atoms with Crippen LogP contribution in [0.15, 0.2) is 70.3 Å².